The Hall–Kier alpha value is -2.62. The highest BCUT2D eigenvalue weighted by Crippen LogP contribution is 2.26. The molecule has 1 unspecified atom stereocenters. The number of hydrogen-bond acceptors (Lipinski definition) is 2. The fourth-order valence-corrected chi connectivity index (χ4v) is 3.31. The molecule has 4 aromatic heterocycles. The van der Waals surface area contributed by atoms with Crippen LogP contribution in [0.2, 0.25) is 0 Å². The molecule has 128 valence electrons. The predicted molar refractivity (Wildman–Crippen MR) is 101 cm³/mol. The van der Waals surface area contributed by atoms with E-state index in [1.165, 1.54) is 16.6 Å². The lowest BCUT2D eigenvalue weighted by Gasteiger charge is -2.13. The molecule has 0 saturated carbocycles. The Labute approximate surface area is 148 Å². The minimum atomic E-state index is 0.0660. The summed E-state index contributed by atoms with van der Waals surface area (Å²) in [5.41, 5.74) is 6.11. The quantitative estimate of drug-likeness (QED) is 0.548. The van der Waals surface area contributed by atoms with E-state index in [4.69, 9.17) is 5.10 Å². The van der Waals surface area contributed by atoms with E-state index in [1.54, 1.807) is 0 Å². The van der Waals surface area contributed by atoms with Gasteiger partial charge in [0.05, 0.1) is 22.9 Å². The predicted octanol–water partition coefficient (Wildman–Crippen LogP) is 4.63. The molecule has 1 atom stereocenters. The van der Waals surface area contributed by atoms with Gasteiger partial charge >= 0.3 is 0 Å². The van der Waals surface area contributed by atoms with Gasteiger partial charge in [0.1, 0.15) is 0 Å². The van der Waals surface area contributed by atoms with Crippen molar-refractivity contribution in [3.63, 3.8) is 0 Å². The molecule has 0 aliphatic rings. The summed E-state index contributed by atoms with van der Waals surface area (Å²) in [5.74, 6) is 0.398. The second-order valence-electron chi connectivity index (χ2n) is 7.92. The Balaban J connectivity index is 1.63. The molecule has 0 amide bonds. The first kappa shape index (κ1) is 15.9. The number of rotatable bonds is 3. The third kappa shape index (κ3) is 2.93. The third-order valence-corrected chi connectivity index (χ3v) is 4.82. The van der Waals surface area contributed by atoms with Gasteiger partial charge < -0.3 is 0 Å². The van der Waals surface area contributed by atoms with Crippen molar-refractivity contribution in [2.45, 2.75) is 45.4 Å². The highest BCUT2D eigenvalue weighted by atomic mass is 15.2. The van der Waals surface area contributed by atoms with Crippen LogP contribution in [0.15, 0.2) is 55.0 Å². The summed E-state index contributed by atoms with van der Waals surface area (Å²) in [6.45, 7) is 8.85. The second kappa shape index (κ2) is 5.73. The molecule has 0 saturated heterocycles. The van der Waals surface area contributed by atoms with Crippen molar-refractivity contribution in [2.24, 2.45) is 0 Å². The standard InChI is InChI=1S/C21H24N4/c1-15(18-13-22-24-10-6-5-7-19(18)24)11-16-8-9-17-12-20(21(2,3)4)23-25(17)14-16/h5-10,12-15H,11H2,1-4H3. The normalized spacial score (nSPS) is 13.6. The average Bonchev–Trinajstić information content (AvgIpc) is 3.18. The Morgan fingerprint density at radius 2 is 1.92 bits per heavy atom. The van der Waals surface area contributed by atoms with Gasteiger partial charge in [-0.15, -0.1) is 0 Å². The fourth-order valence-electron chi connectivity index (χ4n) is 3.31. The van der Waals surface area contributed by atoms with Crippen LogP contribution in [0.1, 0.15) is 50.4 Å². The average molecular weight is 332 g/mol. The number of pyridine rings is 2. The minimum absolute atomic E-state index is 0.0660. The lowest BCUT2D eigenvalue weighted by atomic mass is 9.92. The molecule has 4 heteroatoms. The zero-order chi connectivity index (χ0) is 17.6. The molecular weight excluding hydrogens is 308 g/mol. The van der Waals surface area contributed by atoms with Crippen LogP contribution < -0.4 is 0 Å². The van der Waals surface area contributed by atoms with Gasteiger partial charge in [-0.25, -0.2) is 9.03 Å². The van der Waals surface area contributed by atoms with Crippen molar-refractivity contribution in [3.05, 3.63) is 71.8 Å². The first-order valence-corrected chi connectivity index (χ1v) is 8.83. The third-order valence-electron chi connectivity index (χ3n) is 4.82. The summed E-state index contributed by atoms with van der Waals surface area (Å²) in [6.07, 6.45) is 7.11. The van der Waals surface area contributed by atoms with Crippen molar-refractivity contribution in [3.8, 4) is 0 Å². The molecule has 0 fully saturated rings. The molecular formula is C21H24N4. The van der Waals surface area contributed by atoms with Crippen LogP contribution in [-0.2, 0) is 11.8 Å². The molecule has 4 heterocycles. The molecule has 0 aliphatic heterocycles. The Morgan fingerprint density at radius 3 is 2.72 bits per heavy atom. The molecule has 4 rings (SSSR count). The molecule has 0 radical (unpaired) electrons. The van der Waals surface area contributed by atoms with Crippen LogP contribution in [0.3, 0.4) is 0 Å². The number of hydrogen-bond donors (Lipinski definition) is 0. The van der Waals surface area contributed by atoms with Gasteiger partial charge in [-0.05, 0) is 42.2 Å². The first-order valence-electron chi connectivity index (χ1n) is 8.83. The maximum Gasteiger partial charge on any atom is 0.0696 e. The number of aromatic nitrogens is 4. The summed E-state index contributed by atoms with van der Waals surface area (Å²) < 4.78 is 3.96. The summed E-state index contributed by atoms with van der Waals surface area (Å²) in [6, 6.07) is 12.8. The van der Waals surface area contributed by atoms with Crippen LogP contribution >= 0.6 is 0 Å². The largest absolute Gasteiger partial charge is 0.241 e. The van der Waals surface area contributed by atoms with Crippen molar-refractivity contribution in [1.82, 2.24) is 19.2 Å². The number of fused-ring (bicyclic) bond motifs is 2. The summed E-state index contributed by atoms with van der Waals surface area (Å²) in [5, 5.41) is 9.23. The van der Waals surface area contributed by atoms with Gasteiger partial charge in [0.25, 0.3) is 0 Å². The maximum atomic E-state index is 4.76. The van der Waals surface area contributed by atoms with Crippen molar-refractivity contribution >= 4 is 11.0 Å². The lowest BCUT2D eigenvalue weighted by Crippen LogP contribution is -2.11. The Kier molecular flexibility index (Phi) is 3.64. The van der Waals surface area contributed by atoms with E-state index in [9.17, 15) is 0 Å². The summed E-state index contributed by atoms with van der Waals surface area (Å²) >= 11 is 0. The van der Waals surface area contributed by atoms with Gasteiger partial charge in [-0.3, -0.25) is 0 Å². The minimum Gasteiger partial charge on any atom is -0.241 e. The maximum absolute atomic E-state index is 4.76. The highest BCUT2D eigenvalue weighted by Gasteiger charge is 2.18. The Morgan fingerprint density at radius 1 is 1.08 bits per heavy atom. The number of nitrogens with zero attached hydrogens (tertiary/aromatic N) is 4. The van der Waals surface area contributed by atoms with Crippen LogP contribution in [-0.4, -0.2) is 19.2 Å². The first-order chi connectivity index (χ1) is 11.9. The molecule has 0 aliphatic carbocycles. The van der Waals surface area contributed by atoms with Crippen molar-refractivity contribution in [1.29, 1.82) is 0 Å². The summed E-state index contributed by atoms with van der Waals surface area (Å²) in [4.78, 5) is 0. The highest BCUT2D eigenvalue weighted by molar-refractivity contribution is 5.55. The monoisotopic (exact) mass is 332 g/mol. The molecule has 0 bridgehead atoms. The molecule has 4 nitrogen and oxygen atoms in total. The molecule has 0 aromatic carbocycles. The lowest BCUT2D eigenvalue weighted by molar-refractivity contribution is 0.562. The molecule has 0 N–H and O–H groups in total. The van der Waals surface area contributed by atoms with Crippen molar-refractivity contribution < 1.29 is 0 Å². The molecule has 25 heavy (non-hydrogen) atoms. The van der Waals surface area contributed by atoms with E-state index in [-0.39, 0.29) is 5.41 Å². The topological polar surface area (TPSA) is 34.6 Å². The van der Waals surface area contributed by atoms with E-state index in [0.29, 0.717) is 5.92 Å². The smallest absolute Gasteiger partial charge is 0.0696 e. The van der Waals surface area contributed by atoms with E-state index < -0.39 is 0 Å². The SMILES string of the molecule is CC(Cc1ccc2cc(C(C)(C)C)nn2c1)c1cnn2ccccc12. The van der Waals surface area contributed by atoms with E-state index >= 15 is 0 Å². The zero-order valence-corrected chi connectivity index (χ0v) is 15.3. The van der Waals surface area contributed by atoms with E-state index in [1.807, 2.05) is 27.5 Å². The van der Waals surface area contributed by atoms with Gasteiger partial charge in [0.2, 0.25) is 0 Å². The van der Waals surface area contributed by atoms with Gasteiger partial charge in [-0.2, -0.15) is 10.2 Å². The van der Waals surface area contributed by atoms with Crippen molar-refractivity contribution in [2.75, 3.05) is 0 Å². The van der Waals surface area contributed by atoms with Crippen LogP contribution in [0, 0.1) is 0 Å². The zero-order valence-electron chi connectivity index (χ0n) is 15.3. The summed E-state index contributed by atoms with van der Waals surface area (Å²) in [7, 11) is 0. The van der Waals surface area contributed by atoms with Gasteiger partial charge in [-0.1, -0.05) is 39.8 Å². The van der Waals surface area contributed by atoms with Gasteiger partial charge in [0, 0.05) is 23.4 Å². The molecule has 4 aromatic rings. The molecule has 0 spiro atoms. The van der Waals surface area contributed by atoms with Crippen LogP contribution in [0.4, 0.5) is 0 Å². The van der Waals surface area contributed by atoms with E-state index in [2.05, 4.69) is 69.3 Å². The van der Waals surface area contributed by atoms with E-state index in [0.717, 1.165) is 17.6 Å². The van der Waals surface area contributed by atoms with Gasteiger partial charge in [0.15, 0.2) is 0 Å². The fraction of sp³-hybridized carbons (Fsp3) is 0.333. The van der Waals surface area contributed by atoms with Crippen LogP contribution in [0.5, 0.6) is 0 Å². The Bertz CT molecular complexity index is 1030. The second-order valence-corrected chi connectivity index (χ2v) is 7.92. The van der Waals surface area contributed by atoms with Crippen LogP contribution in [0.25, 0.3) is 11.0 Å².